The largest absolute Gasteiger partial charge is 0.375 e. The molecule has 0 atom stereocenters. The Morgan fingerprint density at radius 2 is 1.71 bits per heavy atom. The number of likely N-dealkylation sites (tertiary alicyclic amines) is 1. The van der Waals surface area contributed by atoms with Crippen molar-refractivity contribution in [2.45, 2.75) is 19.3 Å². The summed E-state index contributed by atoms with van der Waals surface area (Å²) in [6, 6.07) is 18.1. The number of anilines is 1. The van der Waals surface area contributed by atoms with Crippen molar-refractivity contribution in [3.63, 3.8) is 0 Å². The minimum absolute atomic E-state index is 0.146. The Kier molecular flexibility index (Phi) is 5.76. The third kappa shape index (κ3) is 4.51. The fourth-order valence-electron chi connectivity index (χ4n) is 3.22. The van der Waals surface area contributed by atoms with Crippen LogP contribution in [0, 0.1) is 5.92 Å². The SMILES string of the molecule is O=C(CNc1ccccc1Cl)N1CCC(Cc2ccccc2)CC1. The summed E-state index contributed by atoms with van der Waals surface area (Å²) in [5, 5.41) is 3.78. The molecule has 0 saturated carbocycles. The molecule has 1 N–H and O–H groups in total. The van der Waals surface area contributed by atoms with E-state index >= 15 is 0 Å². The van der Waals surface area contributed by atoms with Crippen LogP contribution in [0.5, 0.6) is 0 Å². The molecule has 0 radical (unpaired) electrons. The molecule has 1 saturated heterocycles. The van der Waals surface area contributed by atoms with Crippen molar-refractivity contribution in [1.82, 2.24) is 4.90 Å². The summed E-state index contributed by atoms with van der Waals surface area (Å²) >= 11 is 6.10. The van der Waals surface area contributed by atoms with Gasteiger partial charge in [-0.25, -0.2) is 0 Å². The number of para-hydroxylation sites is 1. The van der Waals surface area contributed by atoms with Gasteiger partial charge in [0.15, 0.2) is 0 Å². The van der Waals surface area contributed by atoms with Gasteiger partial charge in [0.05, 0.1) is 17.3 Å². The van der Waals surface area contributed by atoms with Crippen LogP contribution in [0.3, 0.4) is 0 Å². The van der Waals surface area contributed by atoms with E-state index in [0.717, 1.165) is 38.0 Å². The zero-order chi connectivity index (χ0) is 16.8. The van der Waals surface area contributed by atoms with Crippen molar-refractivity contribution >= 4 is 23.2 Å². The summed E-state index contributed by atoms with van der Waals surface area (Å²) in [6.45, 7) is 1.99. The first kappa shape index (κ1) is 16.8. The molecule has 126 valence electrons. The van der Waals surface area contributed by atoms with Crippen molar-refractivity contribution in [3.8, 4) is 0 Å². The van der Waals surface area contributed by atoms with E-state index in [1.807, 2.05) is 29.2 Å². The molecule has 0 aliphatic carbocycles. The average Bonchev–Trinajstić information content (AvgIpc) is 2.62. The molecule has 3 rings (SSSR count). The van der Waals surface area contributed by atoms with Crippen molar-refractivity contribution < 1.29 is 4.79 Å². The lowest BCUT2D eigenvalue weighted by atomic mass is 9.90. The quantitative estimate of drug-likeness (QED) is 0.881. The Bertz CT molecular complexity index is 666. The predicted octanol–water partition coefficient (Wildman–Crippen LogP) is 4.23. The second-order valence-electron chi connectivity index (χ2n) is 6.35. The van der Waals surface area contributed by atoms with Crippen molar-refractivity contribution in [3.05, 3.63) is 65.2 Å². The van der Waals surface area contributed by atoms with Gasteiger partial charge in [-0.1, -0.05) is 54.1 Å². The van der Waals surface area contributed by atoms with E-state index in [9.17, 15) is 4.79 Å². The zero-order valence-corrected chi connectivity index (χ0v) is 14.5. The van der Waals surface area contributed by atoms with E-state index < -0.39 is 0 Å². The molecule has 1 fully saturated rings. The first-order valence-corrected chi connectivity index (χ1v) is 8.90. The number of hydrogen-bond donors (Lipinski definition) is 1. The topological polar surface area (TPSA) is 32.3 Å². The number of nitrogens with one attached hydrogen (secondary N) is 1. The van der Waals surface area contributed by atoms with Gasteiger partial charge in [0, 0.05) is 13.1 Å². The van der Waals surface area contributed by atoms with Crippen LogP contribution in [-0.2, 0) is 11.2 Å². The van der Waals surface area contributed by atoms with Gasteiger partial charge < -0.3 is 10.2 Å². The van der Waals surface area contributed by atoms with Gasteiger partial charge in [-0.2, -0.15) is 0 Å². The predicted molar refractivity (Wildman–Crippen MR) is 99.4 cm³/mol. The second kappa shape index (κ2) is 8.20. The first-order valence-electron chi connectivity index (χ1n) is 8.52. The molecule has 0 unspecified atom stereocenters. The Labute approximate surface area is 148 Å². The minimum Gasteiger partial charge on any atom is -0.375 e. The maximum atomic E-state index is 12.4. The summed E-state index contributed by atoms with van der Waals surface area (Å²) < 4.78 is 0. The molecule has 0 spiro atoms. The molecule has 3 nitrogen and oxygen atoms in total. The molecular formula is C20H23ClN2O. The molecule has 1 aliphatic rings. The average molecular weight is 343 g/mol. The summed E-state index contributed by atoms with van der Waals surface area (Å²) in [4.78, 5) is 14.3. The third-order valence-corrected chi connectivity index (χ3v) is 4.97. The minimum atomic E-state index is 0.146. The molecule has 4 heteroatoms. The molecule has 0 aromatic heterocycles. The van der Waals surface area contributed by atoms with Gasteiger partial charge in [0.25, 0.3) is 0 Å². The molecule has 1 heterocycles. The molecule has 2 aromatic carbocycles. The first-order chi connectivity index (χ1) is 11.7. The van der Waals surface area contributed by atoms with Crippen LogP contribution in [0.15, 0.2) is 54.6 Å². The lowest BCUT2D eigenvalue weighted by molar-refractivity contribution is -0.130. The van der Waals surface area contributed by atoms with Crippen molar-refractivity contribution in [1.29, 1.82) is 0 Å². The third-order valence-electron chi connectivity index (χ3n) is 4.64. The number of benzene rings is 2. The van der Waals surface area contributed by atoms with Crippen LogP contribution in [0.4, 0.5) is 5.69 Å². The summed E-state index contributed by atoms with van der Waals surface area (Å²) in [5.41, 5.74) is 2.20. The summed E-state index contributed by atoms with van der Waals surface area (Å²) in [5.74, 6) is 0.820. The highest BCUT2D eigenvalue weighted by molar-refractivity contribution is 6.33. The standard InChI is InChI=1S/C20H23ClN2O/c21-18-8-4-5-9-19(18)22-15-20(24)23-12-10-17(11-13-23)14-16-6-2-1-3-7-16/h1-9,17,22H,10-15H2. The monoisotopic (exact) mass is 342 g/mol. The van der Waals surface area contributed by atoms with Gasteiger partial charge in [-0.15, -0.1) is 0 Å². The van der Waals surface area contributed by atoms with Crippen LogP contribution in [0.2, 0.25) is 5.02 Å². The van der Waals surface area contributed by atoms with Gasteiger partial charge >= 0.3 is 0 Å². The maximum absolute atomic E-state index is 12.4. The number of hydrogen-bond acceptors (Lipinski definition) is 2. The molecular weight excluding hydrogens is 320 g/mol. The van der Waals surface area contributed by atoms with Gasteiger partial charge in [0.1, 0.15) is 0 Å². The fourth-order valence-corrected chi connectivity index (χ4v) is 3.42. The normalized spacial score (nSPS) is 15.3. The second-order valence-corrected chi connectivity index (χ2v) is 6.75. The summed E-state index contributed by atoms with van der Waals surface area (Å²) in [7, 11) is 0. The number of amides is 1. The number of carbonyl (C=O) groups excluding carboxylic acids is 1. The maximum Gasteiger partial charge on any atom is 0.241 e. The smallest absolute Gasteiger partial charge is 0.241 e. The highest BCUT2D eigenvalue weighted by Gasteiger charge is 2.22. The van der Waals surface area contributed by atoms with E-state index in [2.05, 4.69) is 35.6 Å². The molecule has 2 aromatic rings. The lowest BCUT2D eigenvalue weighted by Crippen LogP contribution is -2.41. The Hall–Kier alpha value is -2.00. The number of carbonyl (C=O) groups is 1. The number of halogens is 1. The zero-order valence-electron chi connectivity index (χ0n) is 13.7. The van der Waals surface area contributed by atoms with Crippen LogP contribution in [-0.4, -0.2) is 30.4 Å². The molecule has 1 aliphatic heterocycles. The van der Waals surface area contributed by atoms with Crippen LogP contribution in [0.1, 0.15) is 18.4 Å². The van der Waals surface area contributed by atoms with Gasteiger partial charge in [0.2, 0.25) is 5.91 Å². The number of nitrogens with zero attached hydrogens (tertiary/aromatic N) is 1. The van der Waals surface area contributed by atoms with E-state index in [4.69, 9.17) is 11.6 Å². The van der Waals surface area contributed by atoms with Crippen LogP contribution in [0.25, 0.3) is 0 Å². The highest BCUT2D eigenvalue weighted by Crippen LogP contribution is 2.23. The Morgan fingerprint density at radius 3 is 2.42 bits per heavy atom. The van der Waals surface area contributed by atoms with Crippen LogP contribution >= 0.6 is 11.6 Å². The van der Waals surface area contributed by atoms with Crippen molar-refractivity contribution in [2.24, 2.45) is 5.92 Å². The van der Waals surface area contributed by atoms with Gasteiger partial charge in [-0.3, -0.25) is 4.79 Å². The van der Waals surface area contributed by atoms with E-state index in [-0.39, 0.29) is 5.91 Å². The van der Waals surface area contributed by atoms with Crippen LogP contribution < -0.4 is 5.32 Å². The summed E-state index contributed by atoms with van der Waals surface area (Å²) in [6.07, 6.45) is 3.26. The number of rotatable bonds is 5. The molecule has 24 heavy (non-hydrogen) atoms. The van der Waals surface area contributed by atoms with Gasteiger partial charge in [-0.05, 0) is 42.9 Å². The van der Waals surface area contributed by atoms with Crippen molar-refractivity contribution in [2.75, 3.05) is 25.0 Å². The van der Waals surface area contributed by atoms with E-state index in [1.165, 1.54) is 5.56 Å². The molecule has 1 amide bonds. The van der Waals surface area contributed by atoms with E-state index in [1.54, 1.807) is 0 Å². The Balaban J connectivity index is 1.44. The Morgan fingerprint density at radius 1 is 1.04 bits per heavy atom. The number of piperidine rings is 1. The highest BCUT2D eigenvalue weighted by atomic mass is 35.5. The molecule has 0 bridgehead atoms. The lowest BCUT2D eigenvalue weighted by Gasteiger charge is -2.32. The van der Waals surface area contributed by atoms with E-state index in [0.29, 0.717) is 17.5 Å². The fraction of sp³-hybridized carbons (Fsp3) is 0.350.